The van der Waals surface area contributed by atoms with Gasteiger partial charge in [0.05, 0.1) is 52.4 Å². The van der Waals surface area contributed by atoms with Gasteiger partial charge in [0, 0.05) is 30.2 Å². The molecule has 10 atom stereocenters. The molecule has 0 saturated carbocycles. The Balaban J connectivity index is 1.39. The highest BCUT2D eigenvalue weighted by atomic mass is 35.5. The molecule has 5 heterocycles. The Morgan fingerprint density at radius 2 is 1.37 bits per heavy atom. The van der Waals surface area contributed by atoms with E-state index < -0.39 is 106 Å². The van der Waals surface area contributed by atoms with Crippen molar-refractivity contribution < 1.29 is 61.7 Å². The van der Waals surface area contributed by atoms with Crippen LogP contribution in [0, 0.1) is 5.92 Å². The predicted octanol–water partition coefficient (Wildman–Crippen LogP) is 3.03. The minimum Gasteiger partial charge on any atom is -0.396 e. The van der Waals surface area contributed by atoms with Gasteiger partial charge in [-0.2, -0.15) is 26.3 Å². The Labute approximate surface area is 315 Å². The number of rotatable bonds is 12. The van der Waals surface area contributed by atoms with Crippen LogP contribution in [0.15, 0.2) is 36.9 Å². The third-order valence-corrected chi connectivity index (χ3v) is 10.6. The summed E-state index contributed by atoms with van der Waals surface area (Å²) in [7, 11) is 0. The van der Waals surface area contributed by atoms with Gasteiger partial charge in [0.25, 0.3) is 0 Å². The molecule has 1 saturated heterocycles. The van der Waals surface area contributed by atoms with Crippen molar-refractivity contribution in [3.8, 4) is 22.8 Å². The lowest BCUT2D eigenvalue weighted by atomic mass is 9.93. The Morgan fingerprint density at radius 1 is 0.833 bits per heavy atom. The molecule has 0 bridgehead atoms. The molecule has 0 aliphatic carbocycles. The van der Waals surface area contributed by atoms with Crippen LogP contribution in [0.3, 0.4) is 0 Å². The maximum Gasteiger partial charge on any atom is 0.417 e. The molecule has 1 fully saturated rings. The van der Waals surface area contributed by atoms with Crippen LogP contribution in [-0.4, -0.2) is 125 Å². The maximum absolute atomic E-state index is 13.2. The van der Waals surface area contributed by atoms with Crippen LogP contribution in [0.25, 0.3) is 22.8 Å². The molecule has 0 amide bonds. The molecule has 0 radical (unpaired) electrons. The van der Waals surface area contributed by atoms with Crippen LogP contribution in [0.5, 0.6) is 0 Å². The van der Waals surface area contributed by atoms with E-state index in [1.165, 1.54) is 26.2 Å². The highest BCUT2D eigenvalue weighted by molar-refractivity contribution is 8.00. The zero-order valence-electron chi connectivity index (χ0n) is 27.8. The zero-order valence-corrected chi connectivity index (χ0v) is 30.1. The molecule has 54 heavy (non-hydrogen) atoms. The van der Waals surface area contributed by atoms with E-state index in [1.807, 2.05) is 0 Å². The minimum atomic E-state index is -4.72. The monoisotopic (exact) mass is 832 g/mol. The fourth-order valence-electron chi connectivity index (χ4n) is 5.65. The number of ether oxygens (including phenoxy) is 1. The van der Waals surface area contributed by atoms with Crippen molar-refractivity contribution in [2.45, 2.75) is 79.5 Å². The quantitative estimate of drug-likeness (QED) is 0.113. The lowest BCUT2D eigenvalue weighted by molar-refractivity contribution is -0.178. The molecular weight excluding hydrogens is 801 g/mol. The molecule has 0 spiro atoms. The molecular formula is C30H32Cl2F6N8O7S. The molecule has 15 nitrogen and oxygen atoms in total. The number of aromatic nitrogens is 8. The first-order valence-electron chi connectivity index (χ1n) is 15.8. The van der Waals surface area contributed by atoms with Crippen LogP contribution in [0.1, 0.15) is 37.1 Å². The van der Waals surface area contributed by atoms with Crippen molar-refractivity contribution in [1.82, 2.24) is 40.0 Å². The SMILES string of the molecule is CC(S[C@@H]1OC(CO)[C@H](O)C(n2cc(-c3ncc(C(F)(F)F)cc3Cl)nn2)C1O)[C@H](O)C(C(O)[C@H](C)CO)n1cc(-c2ncc(C(F)(F)F)cc2Cl)nn1. The number of halogens is 8. The third-order valence-electron chi connectivity index (χ3n) is 8.70. The van der Waals surface area contributed by atoms with Crippen molar-refractivity contribution in [2.75, 3.05) is 13.2 Å². The second kappa shape index (κ2) is 16.5. The van der Waals surface area contributed by atoms with Gasteiger partial charge in [-0.3, -0.25) is 9.97 Å². The van der Waals surface area contributed by atoms with Crippen molar-refractivity contribution in [2.24, 2.45) is 5.92 Å². The van der Waals surface area contributed by atoms with Gasteiger partial charge in [-0.05, 0) is 12.1 Å². The number of pyridine rings is 2. The summed E-state index contributed by atoms with van der Waals surface area (Å²) in [6.07, 6.45) is -13.6. The van der Waals surface area contributed by atoms with E-state index in [0.717, 1.165) is 21.1 Å². The van der Waals surface area contributed by atoms with Gasteiger partial charge in [0.15, 0.2) is 0 Å². The van der Waals surface area contributed by atoms with Crippen molar-refractivity contribution >= 4 is 35.0 Å². The number of aliphatic hydroxyl groups is 6. The zero-order chi connectivity index (χ0) is 39.9. The second-order valence-corrected chi connectivity index (χ2v) is 14.7. The molecule has 4 aromatic heterocycles. The van der Waals surface area contributed by atoms with Crippen molar-refractivity contribution in [1.29, 1.82) is 0 Å². The first-order valence-corrected chi connectivity index (χ1v) is 17.5. The number of nitrogens with zero attached hydrogens (tertiary/aromatic N) is 8. The lowest BCUT2D eigenvalue weighted by Gasteiger charge is -2.43. The summed E-state index contributed by atoms with van der Waals surface area (Å²) in [4.78, 5) is 7.49. The van der Waals surface area contributed by atoms with Crippen LogP contribution >= 0.6 is 35.0 Å². The average Bonchev–Trinajstić information content (AvgIpc) is 3.79. The summed E-state index contributed by atoms with van der Waals surface area (Å²) < 4.78 is 86.6. The fraction of sp³-hybridized carbons (Fsp3) is 0.533. The van der Waals surface area contributed by atoms with Gasteiger partial charge in [-0.25, -0.2) is 9.36 Å². The smallest absolute Gasteiger partial charge is 0.396 e. The molecule has 6 unspecified atom stereocenters. The second-order valence-electron chi connectivity index (χ2n) is 12.4. The fourth-order valence-corrected chi connectivity index (χ4v) is 7.45. The van der Waals surface area contributed by atoms with Gasteiger partial charge in [-0.15, -0.1) is 22.0 Å². The Kier molecular flexibility index (Phi) is 12.8. The Morgan fingerprint density at radius 3 is 1.87 bits per heavy atom. The van der Waals surface area contributed by atoms with E-state index in [-0.39, 0.29) is 22.8 Å². The average molecular weight is 834 g/mol. The maximum atomic E-state index is 13.2. The summed E-state index contributed by atoms with van der Waals surface area (Å²) in [5.41, 5.74) is -4.09. The van der Waals surface area contributed by atoms with Crippen molar-refractivity contribution in [3.63, 3.8) is 0 Å². The molecule has 6 N–H and O–H groups in total. The number of hydrogen-bond acceptors (Lipinski definition) is 14. The summed E-state index contributed by atoms with van der Waals surface area (Å²) in [6.45, 7) is 1.68. The van der Waals surface area contributed by atoms with Crippen LogP contribution in [-0.2, 0) is 17.1 Å². The highest BCUT2D eigenvalue weighted by Gasteiger charge is 2.48. The van der Waals surface area contributed by atoms with Crippen LogP contribution < -0.4 is 0 Å². The van der Waals surface area contributed by atoms with Crippen LogP contribution in [0.4, 0.5) is 26.3 Å². The standard InChI is InChI=1S/C30H32Cl2F6N8O7S/c1-11(9-47)24(49)22(45-7-17(41-43-45)20-15(31)3-13(5-39-20)29(33,34)35)25(50)12(2)54-28-27(52)23(26(51)19(10-48)53-28)46-8-18(42-44-46)21-16(32)4-14(6-40-21)30(36,37)38/h3-8,11-12,19,22-28,47-52H,9-10H2,1-2H3/t11-,12?,19?,22?,23?,24?,25+,26+,27?,28+/m1/s1. The summed E-state index contributed by atoms with van der Waals surface area (Å²) in [5, 5.41) is 79.0. The third kappa shape index (κ3) is 8.77. The summed E-state index contributed by atoms with van der Waals surface area (Å²) in [5.74, 6) is -0.855. The topological polar surface area (TPSA) is 218 Å². The number of hydrogen-bond donors (Lipinski definition) is 6. The predicted molar refractivity (Wildman–Crippen MR) is 178 cm³/mol. The summed E-state index contributed by atoms with van der Waals surface area (Å²) >= 11 is 12.9. The number of alkyl halides is 6. The molecule has 1 aliphatic heterocycles. The van der Waals surface area contributed by atoms with Crippen molar-refractivity contribution in [3.05, 3.63) is 58.1 Å². The summed E-state index contributed by atoms with van der Waals surface area (Å²) in [6, 6.07) is -1.45. The Bertz CT molecular complexity index is 1910. The van der Waals surface area contributed by atoms with Gasteiger partial charge in [0.2, 0.25) is 0 Å². The first kappa shape index (κ1) is 42.0. The van der Waals surface area contributed by atoms with E-state index in [9.17, 15) is 57.0 Å². The highest BCUT2D eigenvalue weighted by Crippen LogP contribution is 2.41. The van der Waals surface area contributed by atoms with E-state index >= 15 is 0 Å². The van der Waals surface area contributed by atoms with E-state index in [0.29, 0.717) is 24.5 Å². The van der Waals surface area contributed by atoms with Gasteiger partial charge < -0.3 is 35.4 Å². The first-order chi connectivity index (χ1) is 25.3. The molecule has 24 heteroatoms. The molecule has 4 aromatic rings. The normalized spacial score (nSPS) is 23.9. The molecule has 1 aliphatic rings. The molecule has 0 aromatic carbocycles. The van der Waals surface area contributed by atoms with Crippen LogP contribution in [0.2, 0.25) is 10.0 Å². The van der Waals surface area contributed by atoms with E-state index in [2.05, 4.69) is 30.6 Å². The molecule has 5 rings (SSSR count). The lowest BCUT2D eigenvalue weighted by Crippen LogP contribution is -2.55. The largest absolute Gasteiger partial charge is 0.417 e. The Hall–Kier alpha value is -3.19. The van der Waals surface area contributed by atoms with E-state index in [1.54, 1.807) is 0 Å². The van der Waals surface area contributed by atoms with Gasteiger partial charge in [0.1, 0.15) is 58.6 Å². The van der Waals surface area contributed by atoms with Gasteiger partial charge in [-0.1, -0.05) is 47.5 Å². The molecule has 296 valence electrons. The number of aliphatic hydroxyl groups excluding tert-OH is 6. The van der Waals surface area contributed by atoms with E-state index in [4.69, 9.17) is 27.9 Å². The minimum absolute atomic E-state index is 0.108. The van der Waals surface area contributed by atoms with Gasteiger partial charge >= 0.3 is 12.4 Å². The number of thioether (sulfide) groups is 1.